The second-order valence-electron chi connectivity index (χ2n) is 5.17. The lowest BCUT2D eigenvalue weighted by Gasteiger charge is -2.08. The van der Waals surface area contributed by atoms with E-state index < -0.39 is 0 Å². The van der Waals surface area contributed by atoms with Gasteiger partial charge in [0, 0.05) is 16.4 Å². The van der Waals surface area contributed by atoms with Crippen LogP contribution in [0.3, 0.4) is 0 Å². The molecule has 0 aliphatic heterocycles. The number of thiophene rings is 2. The molecule has 0 saturated heterocycles. The first kappa shape index (κ1) is 17.7. The van der Waals surface area contributed by atoms with E-state index in [1.54, 1.807) is 16.7 Å². The smallest absolute Gasteiger partial charge is 0.263 e. The molecule has 0 bridgehead atoms. The molecule has 0 N–H and O–H groups in total. The van der Waals surface area contributed by atoms with Gasteiger partial charge in [-0.15, -0.1) is 29.3 Å². The minimum absolute atomic E-state index is 0.0618. The van der Waals surface area contributed by atoms with E-state index in [2.05, 4.69) is 37.6 Å². The predicted molar refractivity (Wildman–Crippen MR) is 109 cm³/mol. The lowest BCUT2D eigenvalue weighted by atomic mass is 10.4. The van der Waals surface area contributed by atoms with Crippen molar-refractivity contribution in [2.24, 2.45) is 0 Å². The highest BCUT2D eigenvalue weighted by Crippen LogP contribution is 2.29. The van der Waals surface area contributed by atoms with Gasteiger partial charge in [-0.05, 0) is 33.4 Å². The highest BCUT2D eigenvalue weighted by atomic mass is 79.9. The van der Waals surface area contributed by atoms with E-state index in [4.69, 9.17) is 4.52 Å². The molecule has 0 aromatic carbocycles. The standard InChI is InChI=1S/C16H11BrN4O2S3/c1-2-4-21-15(22)10-3-5-24-14(10)19-16(21)26-8-12-18-13(20-23-12)11-6-9(17)7-25-11/h2-3,5-7H,1,4,8H2. The van der Waals surface area contributed by atoms with Gasteiger partial charge in [-0.2, -0.15) is 4.98 Å². The van der Waals surface area contributed by atoms with E-state index >= 15 is 0 Å². The van der Waals surface area contributed by atoms with E-state index in [0.717, 1.165) is 14.2 Å². The zero-order valence-electron chi connectivity index (χ0n) is 13.2. The maximum Gasteiger partial charge on any atom is 0.263 e. The molecule has 132 valence electrons. The van der Waals surface area contributed by atoms with Crippen molar-refractivity contribution >= 4 is 60.6 Å². The van der Waals surface area contributed by atoms with Crippen LogP contribution >= 0.6 is 50.4 Å². The van der Waals surface area contributed by atoms with Gasteiger partial charge in [0.15, 0.2) is 5.16 Å². The Hall–Kier alpha value is -1.75. The fraction of sp³-hybridized carbons (Fsp3) is 0.125. The van der Waals surface area contributed by atoms with Crippen molar-refractivity contribution in [1.29, 1.82) is 0 Å². The van der Waals surface area contributed by atoms with Crippen molar-refractivity contribution in [3.63, 3.8) is 0 Å². The van der Waals surface area contributed by atoms with E-state index in [1.165, 1.54) is 34.4 Å². The molecular weight excluding hydrogens is 456 g/mol. The van der Waals surface area contributed by atoms with Crippen LogP contribution in [0.25, 0.3) is 20.9 Å². The Labute approximate surface area is 168 Å². The van der Waals surface area contributed by atoms with Crippen molar-refractivity contribution < 1.29 is 4.52 Å². The van der Waals surface area contributed by atoms with Gasteiger partial charge in [0.25, 0.3) is 5.56 Å². The van der Waals surface area contributed by atoms with E-state index in [9.17, 15) is 4.79 Å². The lowest BCUT2D eigenvalue weighted by molar-refractivity contribution is 0.391. The highest BCUT2D eigenvalue weighted by molar-refractivity contribution is 9.10. The van der Waals surface area contributed by atoms with Gasteiger partial charge in [0.05, 0.1) is 16.0 Å². The minimum Gasteiger partial charge on any atom is -0.338 e. The first-order chi connectivity index (χ1) is 12.7. The average molecular weight is 467 g/mol. The number of hydrogen-bond acceptors (Lipinski definition) is 8. The molecule has 0 fully saturated rings. The maximum atomic E-state index is 12.6. The third-order valence-corrected chi connectivity index (χ3v) is 6.90. The largest absolute Gasteiger partial charge is 0.338 e. The van der Waals surface area contributed by atoms with Crippen molar-refractivity contribution in [3.8, 4) is 10.7 Å². The Bertz CT molecular complexity index is 1140. The van der Waals surface area contributed by atoms with Crippen LogP contribution < -0.4 is 5.56 Å². The monoisotopic (exact) mass is 466 g/mol. The van der Waals surface area contributed by atoms with Gasteiger partial charge in [-0.25, -0.2) is 4.98 Å². The molecule has 0 spiro atoms. The van der Waals surface area contributed by atoms with Gasteiger partial charge < -0.3 is 4.52 Å². The molecular formula is C16H11BrN4O2S3. The Kier molecular flexibility index (Phi) is 5.07. The SMILES string of the molecule is C=CCn1c(SCc2nc(-c3cc(Br)cs3)no2)nc2sccc2c1=O. The van der Waals surface area contributed by atoms with Gasteiger partial charge in [-0.1, -0.05) is 23.0 Å². The van der Waals surface area contributed by atoms with Gasteiger partial charge in [0.1, 0.15) is 4.83 Å². The van der Waals surface area contributed by atoms with Crippen LogP contribution in [0.15, 0.2) is 54.5 Å². The number of allylic oxidation sites excluding steroid dienone is 1. The average Bonchev–Trinajstić information content (AvgIpc) is 3.36. The number of aromatic nitrogens is 4. The van der Waals surface area contributed by atoms with Crippen LogP contribution in [0, 0.1) is 0 Å². The summed E-state index contributed by atoms with van der Waals surface area (Å²) in [4.78, 5) is 23.3. The molecule has 6 nitrogen and oxygen atoms in total. The summed E-state index contributed by atoms with van der Waals surface area (Å²) < 4.78 is 7.93. The first-order valence-electron chi connectivity index (χ1n) is 7.44. The summed E-state index contributed by atoms with van der Waals surface area (Å²) in [5, 5.41) is 9.10. The Morgan fingerprint density at radius 2 is 2.27 bits per heavy atom. The third kappa shape index (κ3) is 3.41. The van der Waals surface area contributed by atoms with Gasteiger partial charge in [0.2, 0.25) is 11.7 Å². The number of thioether (sulfide) groups is 1. The molecule has 4 aromatic rings. The second kappa shape index (κ2) is 7.47. The number of hydrogen-bond donors (Lipinski definition) is 0. The highest BCUT2D eigenvalue weighted by Gasteiger charge is 2.15. The molecule has 10 heteroatoms. The van der Waals surface area contributed by atoms with Crippen LogP contribution in [-0.4, -0.2) is 19.7 Å². The molecule has 4 aromatic heterocycles. The molecule has 0 radical (unpaired) electrons. The summed E-state index contributed by atoms with van der Waals surface area (Å²) in [5.41, 5.74) is -0.0618. The van der Waals surface area contributed by atoms with Crippen molar-refractivity contribution in [1.82, 2.24) is 19.7 Å². The van der Waals surface area contributed by atoms with Crippen LogP contribution in [0.2, 0.25) is 0 Å². The molecule has 0 amide bonds. The normalized spacial score (nSPS) is 11.3. The maximum absolute atomic E-state index is 12.6. The lowest BCUT2D eigenvalue weighted by Crippen LogP contribution is -2.22. The third-order valence-electron chi connectivity index (χ3n) is 3.44. The molecule has 0 atom stereocenters. The zero-order valence-corrected chi connectivity index (χ0v) is 17.3. The van der Waals surface area contributed by atoms with Crippen LogP contribution in [0.4, 0.5) is 0 Å². The molecule has 26 heavy (non-hydrogen) atoms. The molecule has 0 aliphatic carbocycles. The molecule has 4 heterocycles. The number of halogens is 1. The Morgan fingerprint density at radius 1 is 1.38 bits per heavy atom. The quantitative estimate of drug-likeness (QED) is 0.230. The predicted octanol–water partition coefficient (Wildman–Crippen LogP) is 4.81. The molecule has 4 rings (SSSR count). The van der Waals surface area contributed by atoms with E-state index in [0.29, 0.717) is 34.6 Å². The summed E-state index contributed by atoms with van der Waals surface area (Å²) in [6, 6.07) is 3.74. The topological polar surface area (TPSA) is 73.8 Å². The first-order valence-corrected chi connectivity index (χ1v) is 11.0. The van der Waals surface area contributed by atoms with Crippen LogP contribution in [0.1, 0.15) is 5.89 Å². The van der Waals surface area contributed by atoms with E-state index in [1.807, 2.05) is 16.8 Å². The summed E-state index contributed by atoms with van der Waals surface area (Å²) in [5.74, 6) is 1.47. The summed E-state index contributed by atoms with van der Waals surface area (Å²) >= 11 is 7.80. The van der Waals surface area contributed by atoms with Crippen molar-refractivity contribution in [2.45, 2.75) is 17.5 Å². The number of fused-ring (bicyclic) bond motifs is 1. The van der Waals surface area contributed by atoms with Crippen LogP contribution in [-0.2, 0) is 12.3 Å². The fourth-order valence-corrected chi connectivity index (χ4v) is 5.30. The summed E-state index contributed by atoms with van der Waals surface area (Å²) in [7, 11) is 0. The Morgan fingerprint density at radius 3 is 3.04 bits per heavy atom. The number of rotatable bonds is 6. The van der Waals surface area contributed by atoms with Crippen LogP contribution in [0.5, 0.6) is 0 Å². The molecule has 0 saturated carbocycles. The van der Waals surface area contributed by atoms with Crippen molar-refractivity contribution in [3.05, 3.63) is 56.3 Å². The van der Waals surface area contributed by atoms with E-state index in [-0.39, 0.29) is 5.56 Å². The summed E-state index contributed by atoms with van der Waals surface area (Å²) in [6.45, 7) is 4.13. The minimum atomic E-state index is -0.0618. The zero-order chi connectivity index (χ0) is 18.1. The fourth-order valence-electron chi connectivity index (χ4n) is 2.30. The van der Waals surface area contributed by atoms with Crippen molar-refractivity contribution in [2.75, 3.05) is 0 Å². The van der Waals surface area contributed by atoms with Gasteiger partial charge in [-0.3, -0.25) is 9.36 Å². The molecule has 0 unspecified atom stereocenters. The molecule has 0 aliphatic rings. The second-order valence-corrected chi connectivity index (χ2v) is 8.83. The van der Waals surface area contributed by atoms with Gasteiger partial charge >= 0.3 is 0 Å². The Balaban J connectivity index is 1.60. The number of nitrogens with zero attached hydrogens (tertiary/aromatic N) is 4. The summed E-state index contributed by atoms with van der Waals surface area (Å²) in [6.07, 6.45) is 1.69.